The van der Waals surface area contributed by atoms with Gasteiger partial charge in [-0.1, -0.05) is 12.1 Å². The lowest BCUT2D eigenvalue weighted by molar-refractivity contribution is 0.120. The minimum atomic E-state index is -3.16. The minimum Gasteiger partial charge on any atom is -0.350 e. The molecular formula is C19H28ClN3O2S. The molecule has 2 heterocycles. The molecule has 0 N–H and O–H groups in total. The fourth-order valence-corrected chi connectivity index (χ4v) is 6.03. The molecule has 2 aliphatic rings. The lowest BCUT2D eigenvalue weighted by Crippen LogP contribution is -2.49. The highest BCUT2D eigenvalue weighted by Crippen LogP contribution is 2.44. The lowest BCUT2D eigenvalue weighted by atomic mass is 9.73. The molecule has 0 saturated carbocycles. The van der Waals surface area contributed by atoms with Crippen molar-refractivity contribution in [2.24, 2.45) is 13.0 Å². The van der Waals surface area contributed by atoms with Crippen LogP contribution in [0.1, 0.15) is 23.5 Å². The molecule has 0 unspecified atom stereocenters. The predicted octanol–water partition coefficient (Wildman–Crippen LogP) is 2.45. The maximum atomic E-state index is 12.4. The summed E-state index contributed by atoms with van der Waals surface area (Å²) in [4.78, 5) is 2.39. The predicted molar refractivity (Wildman–Crippen MR) is 109 cm³/mol. The molecule has 26 heavy (non-hydrogen) atoms. The Hall–Kier alpha value is -1.08. The topological polar surface area (TPSA) is 45.6 Å². The normalized spacial score (nSPS) is 26.0. The van der Waals surface area contributed by atoms with Gasteiger partial charge in [-0.25, -0.2) is 12.7 Å². The zero-order valence-corrected chi connectivity index (χ0v) is 17.5. The molecule has 5 nitrogen and oxygen atoms in total. The van der Waals surface area contributed by atoms with Crippen LogP contribution in [0.3, 0.4) is 0 Å². The van der Waals surface area contributed by atoms with Gasteiger partial charge in [0.2, 0.25) is 10.0 Å². The van der Waals surface area contributed by atoms with E-state index in [4.69, 9.17) is 0 Å². The Labute approximate surface area is 162 Å². The Morgan fingerprint density at radius 3 is 2.65 bits per heavy atom. The molecule has 1 aliphatic heterocycles. The second kappa shape index (κ2) is 6.82. The van der Waals surface area contributed by atoms with Gasteiger partial charge < -0.3 is 9.47 Å². The Morgan fingerprint density at radius 2 is 1.96 bits per heavy atom. The molecule has 2 aromatic rings. The van der Waals surface area contributed by atoms with E-state index in [1.54, 1.807) is 14.1 Å². The van der Waals surface area contributed by atoms with Gasteiger partial charge in [-0.05, 0) is 43.0 Å². The number of benzene rings is 1. The van der Waals surface area contributed by atoms with Crippen LogP contribution in [0.15, 0.2) is 24.4 Å². The number of likely N-dealkylation sites (N-methyl/N-ethyl adjacent to an activating group) is 1. The van der Waals surface area contributed by atoms with Crippen molar-refractivity contribution in [1.82, 2.24) is 13.8 Å². The van der Waals surface area contributed by atoms with Crippen LogP contribution in [0.4, 0.5) is 0 Å². The number of rotatable bonds is 3. The Kier molecular flexibility index (Phi) is 5.16. The van der Waals surface area contributed by atoms with Crippen molar-refractivity contribution in [3.05, 3.63) is 35.5 Å². The van der Waals surface area contributed by atoms with Crippen molar-refractivity contribution < 1.29 is 8.42 Å². The summed E-state index contributed by atoms with van der Waals surface area (Å²) in [6.45, 7) is 0.854. The van der Waals surface area contributed by atoms with Crippen LogP contribution < -0.4 is 0 Å². The second-order valence-corrected chi connectivity index (χ2v) is 10.2. The van der Waals surface area contributed by atoms with Crippen LogP contribution in [0.5, 0.6) is 0 Å². The van der Waals surface area contributed by atoms with Crippen molar-refractivity contribution in [3.63, 3.8) is 0 Å². The monoisotopic (exact) mass is 397 g/mol. The molecule has 1 aromatic carbocycles. The summed E-state index contributed by atoms with van der Waals surface area (Å²) in [7, 11) is 4.35. The fraction of sp³-hybridized carbons (Fsp3) is 0.579. The standard InChI is InChI=1S/C19H27N3O2S.ClH/c1-20(2)25(23,24)12-13-8-16-15-6-5-7-17-19(15)14(11-22(17)4)9-18(16)21(3)10-13;/h5-7,11,13,16,18H,8-10,12H2,1-4H3;1H/t13-,16+,18+;/m0./s1. The summed E-state index contributed by atoms with van der Waals surface area (Å²) in [5.41, 5.74) is 4.13. The third kappa shape index (κ3) is 3.07. The molecule has 7 heteroatoms. The van der Waals surface area contributed by atoms with E-state index in [1.165, 1.54) is 26.3 Å². The number of aromatic nitrogens is 1. The summed E-state index contributed by atoms with van der Waals surface area (Å²) in [6.07, 6.45) is 4.28. The summed E-state index contributed by atoms with van der Waals surface area (Å²) in [5, 5.41) is 1.40. The highest BCUT2D eigenvalue weighted by Gasteiger charge is 2.40. The van der Waals surface area contributed by atoms with Gasteiger partial charge >= 0.3 is 0 Å². The summed E-state index contributed by atoms with van der Waals surface area (Å²) in [6, 6.07) is 7.05. The van der Waals surface area contributed by atoms with Gasteiger partial charge in [0, 0.05) is 56.7 Å². The fourth-order valence-electron chi connectivity index (χ4n) is 4.90. The van der Waals surface area contributed by atoms with Gasteiger partial charge in [0.15, 0.2) is 0 Å². The molecule has 1 saturated heterocycles. The van der Waals surface area contributed by atoms with E-state index in [-0.39, 0.29) is 24.1 Å². The Balaban J connectivity index is 0.00000196. The smallest absolute Gasteiger partial charge is 0.213 e. The van der Waals surface area contributed by atoms with Gasteiger partial charge in [0.1, 0.15) is 0 Å². The Bertz CT molecular complexity index is 922. The number of halogens is 1. The lowest BCUT2D eigenvalue weighted by Gasteiger charge is -2.45. The van der Waals surface area contributed by atoms with E-state index in [2.05, 4.69) is 48.0 Å². The van der Waals surface area contributed by atoms with Crippen LogP contribution in [-0.4, -0.2) is 61.7 Å². The van der Waals surface area contributed by atoms with Crippen molar-refractivity contribution >= 4 is 33.3 Å². The summed E-state index contributed by atoms with van der Waals surface area (Å²) >= 11 is 0. The second-order valence-electron chi connectivity index (χ2n) is 7.99. The molecule has 0 amide bonds. The summed E-state index contributed by atoms with van der Waals surface area (Å²) < 4.78 is 28.3. The van der Waals surface area contributed by atoms with Crippen LogP contribution in [0.25, 0.3) is 10.9 Å². The molecule has 3 atom stereocenters. The minimum absolute atomic E-state index is 0. The number of nitrogens with zero attached hydrogens (tertiary/aromatic N) is 3. The summed E-state index contributed by atoms with van der Waals surface area (Å²) in [5.74, 6) is 0.837. The molecule has 4 rings (SSSR count). The zero-order valence-electron chi connectivity index (χ0n) is 15.8. The number of fused-ring (bicyclic) bond motifs is 2. The average Bonchev–Trinajstić information content (AvgIpc) is 2.86. The number of hydrogen-bond acceptors (Lipinski definition) is 3. The Morgan fingerprint density at radius 1 is 1.23 bits per heavy atom. The van der Waals surface area contributed by atoms with E-state index >= 15 is 0 Å². The van der Waals surface area contributed by atoms with Crippen molar-refractivity contribution in [3.8, 4) is 0 Å². The number of likely N-dealkylation sites (tertiary alicyclic amines) is 1. The van der Waals surface area contributed by atoms with E-state index < -0.39 is 10.0 Å². The maximum Gasteiger partial charge on any atom is 0.213 e. The van der Waals surface area contributed by atoms with E-state index in [0.29, 0.717) is 12.0 Å². The quantitative estimate of drug-likeness (QED) is 0.799. The highest BCUT2D eigenvalue weighted by molar-refractivity contribution is 7.89. The SMILES string of the molecule is CN1C[C@@H](CS(=O)(=O)N(C)C)C[C@@H]2c3cccc4c3c(cn4C)C[C@H]21.Cl. The molecule has 1 aromatic heterocycles. The number of piperidine rings is 1. The number of hydrogen-bond donors (Lipinski definition) is 0. The van der Waals surface area contributed by atoms with Crippen LogP contribution >= 0.6 is 12.4 Å². The molecule has 144 valence electrons. The van der Waals surface area contributed by atoms with Crippen molar-refractivity contribution in [1.29, 1.82) is 0 Å². The largest absolute Gasteiger partial charge is 0.350 e. The molecular weight excluding hydrogens is 370 g/mol. The molecule has 1 fully saturated rings. The zero-order chi connectivity index (χ0) is 17.9. The van der Waals surface area contributed by atoms with Gasteiger partial charge in [-0.3, -0.25) is 0 Å². The molecule has 0 spiro atoms. The van der Waals surface area contributed by atoms with Crippen molar-refractivity contribution in [2.45, 2.75) is 24.8 Å². The number of sulfonamides is 1. The van der Waals surface area contributed by atoms with Gasteiger partial charge in [0.05, 0.1) is 5.75 Å². The van der Waals surface area contributed by atoms with E-state index in [9.17, 15) is 8.42 Å². The van der Waals surface area contributed by atoms with Gasteiger partial charge in [-0.2, -0.15) is 0 Å². The van der Waals surface area contributed by atoms with Crippen molar-refractivity contribution in [2.75, 3.05) is 33.4 Å². The first-order chi connectivity index (χ1) is 11.8. The highest BCUT2D eigenvalue weighted by atomic mass is 35.5. The third-order valence-electron chi connectivity index (χ3n) is 6.12. The van der Waals surface area contributed by atoms with E-state index in [0.717, 1.165) is 19.4 Å². The average molecular weight is 398 g/mol. The van der Waals surface area contributed by atoms with Gasteiger partial charge in [0.25, 0.3) is 0 Å². The first kappa shape index (κ1) is 19.7. The van der Waals surface area contributed by atoms with Crippen LogP contribution in [-0.2, 0) is 23.5 Å². The molecule has 1 aliphatic carbocycles. The number of aryl methyl sites for hydroxylation is 1. The first-order valence-corrected chi connectivity index (χ1v) is 10.6. The maximum absolute atomic E-state index is 12.4. The third-order valence-corrected chi connectivity index (χ3v) is 8.13. The van der Waals surface area contributed by atoms with Crippen LogP contribution in [0, 0.1) is 5.92 Å². The molecule has 0 radical (unpaired) electrons. The van der Waals surface area contributed by atoms with Crippen LogP contribution in [0.2, 0.25) is 0 Å². The van der Waals surface area contributed by atoms with E-state index in [1.807, 2.05) is 0 Å². The first-order valence-electron chi connectivity index (χ1n) is 8.95. The van der Waals surface area contributed by atoms with Gasteiger partial charge in [-0.15, -0.1) is 12.4 Å². The molecule has 0 bridgehead atoms.